The molecule has 0 spiro atoms. The lowest BCUT2D eigenvalue weighted by molar-refractivity contribution is 0.0592. The summed E-state index contributed by atoms with van der Waals surface area (Å²) in [6.07, 6.45) is 3.20. The molecule has 4 aromatic heterocycles. The Hall–Kier alpha value is -6.38. The molecule has 10 nitrogen and oxygen atoms in total. The Morgan fingerprint density at radius 3 is 1.62 bits per heavy atom. The van der Waals surface area contributed by atoms with Gasteiger partial charge in [-0.3, -0.25) is 9.13 Å². The van der Waals surface area contributed by atoms with Crippen LogP contribution in [0.2, 0.25) is 0 Å². The number of benzene rings is 4. The van der Waals surface area contributed by atoms with Crippen LogP contribution in [-0.4, -0.2) is 45.3 Å². The highest BCUT2D eigenvalue weighted by Gasteiger charge is 2.22. The Bertz CT molecular complexity index is 2700. The molecule has 0 aliphatic carbocycles. The summed E-state index contributed by atoms with van der Waals surface area (Å²) in [6.45, 7) is 4.68. The van der Waals surface area contributed by atoms with Gasteiger partial charge in [-0.1, -0.05) is 48.5 Å². The summed E-state index contributed by atoms with van der Waals surface area (Å²) in [4.78, 5) is 33.7. The molecule has 4 heterocycles. The number of esters is 2. The van der Waals surface area contributed by atoms with Gasteiger partial charge in [-0.15, -0.1) is 22.7 Å². The number of methoxy groups -OCH3 is 2. The summed E-state index contributed by atoms with van der Waals surface area (Å²) in [5.74, 6) is -0.776. The minimum atomic E-state index is -0.480. The van der Waals surface area contributed by atoms with E-state index in [1.165, 1.54) is 61.2 Å². The van der Waals surface area contributed by atoms with Crippen molar-refractivity contribution in [2.75, 3.05) is 14.2 Å². The van der Waals surface area contributed by atoms with Crippen LogP contribution in [0.4, 0.5) is 8.78 Å². The van der Waals surface area contributed by atoms with Crippen LogP contribution in [0.1, 0.15) is 41.6 Å². The van der Waals surface area contributed by atoms with Crippen molar-refractivity contribution in [1.29, 1.82) is 0 Å². The minimum Gasteiger partial charge on any atom is -0.487 e. The van der Waals surface area contributed by atoms with E-state index in [9.17, 15) is 18.4 Å². The number of aryl methyl sites for hydroxylation is 2. The number of thiophene rings is 2. The highest BCUT2D eigenvalue weighted by molar-refractivity contribution is 7.17. The SMILES string of the molecule is COC(=O)c1sc(-n2cnc3cc(F)ccc32)cc1OCc1ccccc1C.COC(=O)c1sc(-n2cnc3ccc(F)cc32)cc1OCc1ccccc1C. The maximum atomic E-state index is 13.7. The quantitative estimate of drug-likeness (QED) is 0.126. The van der Waals surface area contributed by atoms with Crippen molar-refractivity contribution in [2.24, 2.45) is 0 Å². The van der Waals surface area contributed by atoms with Gasteiger partial charge in [0.15, 0.2) is 9.75 Å². The molecule has 0 aliphatic rings. The number of nitrogens with zero attached hydrogens (tertiary/aromatic N) is 4. The van der Waals surface area contributed by atoms with Crippen molar-refractivity contribution in [1.82, 2.24) is 19.1 Å². The zero-order chi connectivity index (χ0) is 39.3. The van der Waals surface area contributed by atoms with E-state index >= 15 is 0 Å². The first-order valence-electron chi connectivity index (χ1n) is 17.2. The number of imidazole rings is 2. The van der Waals surface area contributed by atoms with Crippen LogP contribution in [0, 0.1) is 25.5 Å². The second-order valence-corrected chi connectivity index (χ2v) is 14.5. The molecule has 0 atom stereocenters. The molecule has 0 saturated heterocycles. The highest BCUT2D eigenvalue weighted by Crippen LogP contribution is 2.36. The first-order valence-corrected chi connectivity index (χ1v) is 18.8. The van der Waals surface area contributed by atoms with Gasteiger partial charge in [-0.25, -0.2) is 28.3 Å². The summed E-state index contributed by atoms with van der Waals surface area (Å²) in [7, 11) is 2.66. The molecule has 8 rings (SSSR count). The largest absolute Gasteiger partial charge is 0.487 e. The van der Waals surface area contributed by atoms with Crippen molar-refractivity contribution in [3.05, 3.63) is 153 Å². The molecule has 0 fully saturated rings. The first-order chi connectivity index (χ1) is 27.1. The van der Waals surface area contributed by atoms with E-state index in [2.05, 4.69) is 9.97 Å². The van der Waals surface area contributed by atoms with Crippen LogP contribution >= 0.6 is 22.7 Å². The van der Waals surface area contributed by atoms with Gasteiger partial charge in [0.25, 0.3) is 0 Å². The number of aromatic nitrogens is 4. The van der Waals surface area contributed by atoms with Crippen LogP contribution in [0.25, 0.3) is 32.1 Å². The lowest BCUT2D eigenvalue weighted by Crippen LogP contribution is -2.03. The van der Waals surface area contributed by atoms with E-state index in [0.717, 1.165) is 32.8 Å². The number of hydrogen-bond donors (Lipinski definition) is 0. The Morgan fingerprint density at radius 1 is 0.607 bits per heavy atom. The van der Waals surface area contributed by atoms with E-state index in [1.54, 1.807) is 46.1 Å². The van der Waals surface area contributed by atoms with Gasteiger partial charge in [0.1, 0.15) is 59.0 Å². The Kier molecular flexibility index (Phi) is 11.2. The third kappa shape index (κ3) is 8.02. The van der Waals surface area contributed by atoms with Gasteiger partial charge in [-0.2, -0.15) is 0 Å². The molecule has 0 amide bonds. The highest BCUT2D eigenvalue weighted by atomic mass is 32.1. The van der Waals surface area contributed by atoms with E-state index in [1.807, 2.05) is 62.4 Å². The van der Waals surface area contributed by atoms with E-state index in [0.29, 0.717) is 56.0 Å². The number of halogens is 2. The van der Waals surface area contributed by atoms with Gasteiger partial charge in [0.05, 0.1) is 36.3 Å². The molecule has 8 aromatic rings. The number of ether oxygens (including phenoxy) is 4. The van der Waals surface area contributed by atoms with Crippen LogP contribution in [0.3, 0.4) is 0 Å². The molecular formula is C42H34F2N4O6S2. The lowest BCUT2D eigenvalue weighted by atomic mass is 10.1. The molecule has 56 heavy (non-hydrogen) atoms. The van der Waals surface area contributed by atoms with Gasteiger partial charge in [0.2, 0.25) is 0 Å². The maximum Gasteiger partial charge on any atom is 0.351 e. The number of rotatable bonds is 10. The van der Waals surface area contributed by atoms with Gasteiger partial charge in [-0.05, 0) is 60.4 Å². The second-order valence-electron chi connectivity index (χ2n) is 12.5. The fraction of sp³-hybridized carbons (Fsp3) is 0.143. The van der Waals surface area contributed by atoms with E-state index in [4.69, 9.17) is 18.9 Å². The van der Waals surface area contributed by atoms with Gasteiger partial charge < -0.3 is 18.9 Å². The van der Waals surface area contributed by atoms with E-state index in [-0.39, 0.29) is 11.6 Å². The Labute approximate surface area is 328 Å². The summed E-state index contributed by atoms with van der Waals surface area (Å²) in [5.41, 5.74) is 6.84. The molecule has 0 N–H and O–H groups in total. The molecule has 0 saturated carbocycles. The zero-order valence-corrected chi connectivity index (χ0v) is 32.3. The molecule has 0 aliphatic heterocycles. The molecule has 284 valence electrons. The molecule has 0 unspecified atom stereocenters. The predicted molar refractivity (Wildman–Crippen MR) is 212 cm³/mol. The number of carbonyl (C=O) groups excluding carboxylic acids is 2. The van der Waals surface area contributed by atoms with Crippen molar-refractivity contribution in [3.63, 3.8) is 0 Å². The van der Waals surface area contributed by atoms with Crippen molar-refractivity contribution in [2.45, 2.75) is 27.1 Å². The Balaban J connectivity index is 0.000000172. The molecule has 4 aromatic carbocycles. The third-order valence-corrected chi connectivity index (χ3v) is 11.1. The molecule has 0 bridgehead atoms. The summed E-state index contributed by atoms with van der Waals surface area (Å²) < 4.78 is 52.3. The summed E-state index contributed by atoms with van der Waals surface area (Å²) >= 11 is 2.45. The van der Waals surface area contributed by atoms with Crippen molar-refractivity contribution < 1.29 is 37.3 Å². The predicted octanol–water partition coefficient (Wildman–Crippen LogP) is 9.80. The fourth-order valence-electron chi connectivity index (χ4n) is 5.82. The first kappa shape index (κ1) is 37.9. The lowest BCUT2D eigenvalue weighted by Gasteiger charge is -2.08. The van der Waals surface area contributed by atoms with Gasteiger partial charge in [0, 0.05) is 24.3 Å². The van der Waals surface area contributed by atoms with Crippen LogP contribution in [-0.2, 0) is 22.7 Å². The standard InChI is InChI=1S/2C21H17FN2O3S/c1-13-5-3-4-6-14(13)11-27-18-10-19(28-20(18)21(25)26-2)24-12-23-16-9-15(22)7-8-17(16)24;1-13-5-3-4-6-14(13)11-27-18-10-19(28-20(18)21(25)26-2)24-12-23-16-8-7-15(22)9-17(16)24/h2*3-10,12H,11H2,1-2H3. The minimum absolute atomic E-state index is 0.326. The Morgan fingerprint density at radius 2 is 1.09 bits per heavy atom. The third-order valence-electron chi connectivity index (χ3n) is 8.89. The normalized spacial score (nSPS) is 11.0. The summed E-state index contributed by atoms with van der Waals surface area (Å²) in [5, 5.41) is 1.42. The monoisotopic (exact) mass is 792 g/mol. The average Bonchev–Trinajstić information content (AvgIpc) is 4.01. The van der Waals surface area contributed by atoms with Crippen LogP contribution < -0.4 is 9.47 Å². The van der Waals surface area contributed by atoms with Gasteiger partial charge >= 0.3 is 11.9 Å². The van der Waals surface area contributed by atoms with Crippen molar-refractivity contribution in [3.8, 4) is 21.5 Å². The maximum absolute atomic E-state index is 13.7. The molecule has 0 radical (unpaired) electrons. The smallest absolute Gasteiger partial charge is 0.351 e. The second kappa shape index (κ2) is 16.6. The number of hydrogen-bond acceptors (Lipinski definition) is 10. The topological polar surface area (TPSA) is 107 Å². The zero-order valence-electron chi connectivity index (χ0n) is 30.6. The summed E-state index contributed by atoms with van der Waals surface area (Å²) in [6, 6.07) is 28.1. The number of fused-ring (bicyclic) bond motifs is 2. The molecule has 14 heteroatoms. The van der Waals surface area contributed by atoms with Crippen molar-refractivity contribution >= 4 is 56.7 Å². The number of carbonyl (C=O) groups is 2. The van der Waals surface area contributed by atoms with E-state index < -0.39 is 11.9 Å². The molecular weight excluding hydrogens is 759 g/mol. The fourth-order valence-corrected chi connectivity index (χ4v) is 7.83. The van der Waals surface area contributed by atoms with Crippen LogP contribution in [0.15, 0.2) is 110 Å². The average molecular weight is 793 g/mol. The van der Waals surface area contributed by atoms with Crippen LogP contribution in [0.5, 0.6) is 11.5 Å².